The number of nitrogens with zero attached hydrogens (tertiary/aromatic N) is 2. The van der Waals surface area contributed by atoms with Gasteiger partial charge in [-0.2, -0.15) is 0 Å². The van der Waals surface area contributed by atoms with E-state index in [4.69, 9.17) is 4.74 Å². The molecule has 7 heteroatoms. The number of quaternary nitrogens is 1. The van der Waals surface area contributed by atoms with Crippen LogP contribution in [0.15, 0.2) is 52.9 Å². The summed E-state index contributed by atoms with van der Waals surface area (Å²) < 4.78 is 7.60. The molecule has 1 saturated heterocycles. The highest BCUT2D eigenvalue weighted by molar-refractivity contribution is 8.01. The zero-order valence-electron chi connectivity index (χ0n) is 16.6. The van der Waals surface area contributed by atoms with Gasteiger partial charge in [-0.05, 0) is 25.1 Å². The van der Waals surface area contributed by atoms with Crippen LogP contribution in [0.5, 0.6) is 5.75 Å². The van der Waals surface area contributed by atoms with Crippen LogP contribution in [-0.4, -0.2) is 54.3 Å². The molecule has 2 aromatic carbocycles. The Balaban J connectivity index is 1.26. The molecule has 0 unspecified atom stereocenters. The van der Waals surface area contributed by atoms with Crippen molar-refractivity contribution in [2.45, 2.75) is 17.8 Å². The van der Waals surface area contributed by atoms with Gasteiger partial charge in [-0.1, -0.05) is 42.1 Å². The van der Waals surface area contributed by atoms with Crippen molar-refractivity contribution in [1.29, 1.82) is 0 Å². The molecule has 1 aromatic heterocycles. The highest BCUT2D eigenvalue weighted by Gasteiger charge is 2.24. The van der Waals surface area contributed by atoms with E-state index in [1.54, 1.807) is 16.2 Å². The molecular weight excluding hydrogens is 402 g/mol. The molecule has 0 aliphatic carbocycles. The first-order valence-corrected chi connectivity index (χ1v) is 11.8. The Morgan fingerprint density at radius 2 is 2.00 bits per heavy atom. The normalized spacial score (nSPS) is 15.0. The molecule has 2 heterocycles. The average molecular weight is 429 g/mol. The van der Waals surface area contributed by atoms with Gasteiger partial charge >= 0.3 is 0 Å². The fourth-order valence-corrected chi connectivity index (χ4v) is 5.55. The zero-order chi connectivity index (χ0) is 20.1. The second kappa shape index (κ2) is 9.61. The summed E-state index contributed by atoms with van der Waals surface area (Å²) in [5.74, 6) is 1.53. The minimum atomic E-state index is 0.211. The monoisotopic (exact) mass is 428 g/mol. The minimum absolute atomic E-state index is 0.211. The molecule has 29 heavy (non-hydrogen) atoms. The second-order valence-corrected chi connectivity index (χ2v) is 9.38. The molecule has 1 aliphatic rings. The summed E-state index contributed by atoms with van der Waals surface area (Å²) in [6.45, 7) is 7.35. The van der Waals surface area contributed by atoms with E-state index in [1.807, 2.05) is 30.0 Å². The molecule has 0 atom stereocenters. The summed E-state index contributed by atoms with van der Waals surface area (Å²) >= 11 is 3.16. The maximum absolute atomic E-state index is 12.6. The number of amides is 1. The summed E-state index contributed by atoms with van der Waals surface area (Å²) in [6.07, 6.45) is 0. The molecule has 0 spiro atoms. The number of fused-ring (bicyclic) bond motifs is 1. The summed E-state index contributed by atoms with van der Waals surface area (Å²) in [4.78, 5) is 20.8. The van der Waals surface area contributed by atoms with Crippen LogP contribution in [-0.2, 0) is 11.3 Å². The second-order valence-electron chi connectivity index (χ2n) is 7.12. The lowest BCUT2D eigenvalue weighted by Gasteiger charge is -2.32. The zero-order valence-corrected chi connectivity index (χ0v) is 18.2. The molecule has 0 radical (unpaired) electrons. The van der Waals surface area contributed by atoms with Crippen molar-refractivity contribution >= 4 is 39.2 Å². The molecule has 4 rings (SSSR count). The number of ether oxygens (including phenoxy) is 1. The first kappa shape index (κ1) is 20.2. The fraction of sp³-hybridized carbons (Fsp3) is 0.364. The van der Waals surface area contributed by atoms with E-state index in [1.165, 1.54) is 17.3 Å². The van der Waals surface area contributed by atoms with Crippen LogP contribution in [0.2, 0.25) is 0 Å². The summed E-state index contributed by atoms with van der Waals surface area (Å²) in [6, 6.07) is 16.5. The average Bonchev–Trinajstić information content (AvgIpc) is 3.16. The van der Waals surface area contributed by atoms with Crippen LogP contribution in [0.25, 0.3) is 10.2 Å². The number of thiazole rings is 1. The first-order chi connectivity index (χ1) is 14.2. The Bertz CT molecular complexity index is 953. The van der Waals surface area contributed by atoms with Crippen LogP contribution < -0.4 is 9.64 Å². The van der Waals surface area contributed by atoms with Gasteiger partial charge in [-0.25, -0.2) is 4.98 Å². The lowest BCUT2D eigenvalue weighted by Crippen LogP contribution is -3.13. The molecule has 5 nitrogen and oxygen atoms in total. The van der Waals surface area contributed by atoms with Gasteiger partial charge in [0.1, 0.15) is 12.3 Å². The van der Waals surface area contributed by atoms with Crippen LogP contribution in [0.4, 0.5) is 0 Å². The molecule has 1 amide bonds. The highest BCUT2D eigenvalue weighted by atomic mass is 32.2. The Hall–Kier alpha value is -2.09. The van der Waals surface area contributed by atoms with Gasteiger partial charge < -0.3 is 14.5 Å². The molecule has 0 bridgehead atoms. The first-order valence-electron chi connectivity index (χ1n) is 10.0. The molecule has 1 fully saturated rings. The smallest absolute Gasteiger partial charge is 0.233 e. The summed E-state index contributed by atoms with van der Waals surface area (Å²) in [5.41, 5.74) is 2.33. The molecule has 1 N–H and O–H groups in total. The number of rotatable bonds is 7. The van der Waals surface area contributed by atoms with Crippen LogP contribution in [0.3, 0.4) is 0 Å². The maximum Gasteiger partial charge on any atom is 0.233 e. The van der Waals surface area contributed by atoms with Crippen molar-refractivity contribution in [3.05, 3.63) is 54.1 Å². The predicted octanol–water partition coefficient (Wildman–Crippen LogP) is 2.71. The molecule has 0 saturated carbocycles. The Morgan fingerprint density at radius 1 is 1.21 bits per heavy atom. The summed E-state index contributed by atoms with van der Waals surface area (Å²) in [5, 5.41) is 0. The van der Waals surface area contributed by atoms with E-state index >= 15 is 0 Å². The van der Waals surface area contributed by atoms with E-state index in [9.17, 15) is 4.79 Å². The maximum atomic E-state index is 12.6. The predicted molar refractivity (Wildman–Crippen MR) is 119 cm³/mol. The number of hydrogen-bond acceptors (Lipinski definition) is 5. The van der Waals surface area contributed by atoms with Crippen LogP contribution >= 0.6 is 23.1 Å². The van der Waals surface area contributed by atoms with E-state index < -0.39 is 0 Å². The Morgan fingerprint density at radius 3 is 2.76 bits per heavy atom. The molecule has 3 aromatic rings. The number of hydrogen-bond donors (Lipinski definition) is 1. The Kier molecular flexibility index (Phi) is 6.69. The summed E-state index contributed by atoms with van der Waals surface area (Å²) in [7, 11) is 0. The van der Waals surface area contributed by atoms with Gasteiger partial charge in [0.05, 0.1) is 48.8 Å². The number of benzene rings is 2. The van der Waals surface area contributed by atoms with E-state index in [2.05, 4.69) is 35.3 Å². The lowest BCUT2D eigenvalue weighted by atomic mass is 10.2. The number of aromatic nitrogens is 1. The van der Waals surface area contributed by atoms with Crippen molar-refractivity contribution in [1.82, 2.24) is 9.88 Å². The number of thioether (sulfide) groups is 1. The van der Waals surface area contributed by atoms with E-state index in [-0.39, 0.29) is 5.91 Å². The van der Waals surface area contributed by atoms with Gasteiger partial charge in [0.25, 0.3) is 0 Å². The fourth-order valence-electron chi connectivity index (χ4n) is 3.55. The highest BCUT2D eigenvalue weighted by Crippen LogP contribution is 2.32. The van der Waals surface area contributed by atoms with Crippen molar-refractivity contribution in [3.8, 4) is 5.75 Å². The molecule has 152 valence electrons. The third-order valence-electron chi connectivity index (χ3n) is 5.09. The van der Waals surface area contributed by atoms with E-state index in [0.29, 0.717) is 12.4 Å². The lowest BCUT2D eigenvalue weighted by molar-refractivity contribution is -0.917. The number of piperazine rings is 1. The van der Waals surface area contributed by atoms with Gasteiger partial charge in [0.2, 0.25) is 5.91 Å². The topological polar surface area (TPSA) is 46.9 Å². The third kappa shape index (κ3) is 5.29. The van der Waals surface area contributed by atoms with Gasteiger partial charge in [-0.15, -0.1) is 11.3 Å². The number of carbonyl (C=O) groups is 1. The van der Waals surface area contributed by atoms with E-state index in [0.717, 1.165) is 53.0 Å². The SMILES string of the molecule is CCOc1ccc2nc(SCC(=O)N3CC[NH+](Cc4ccccc4)CC3)sc2c1. The molecular formula is C22H26N3O2S2+. The van der Waals surface area contributed by atoms with Gasteiger partial charge in [-0.3, -0.25) is 4.79 Å². The van der Waals surface area contributed by atoms with Crippen molar-refractivity contribution in [3.63, 3.8) is 0 Å². The third-order valence-corrected chi connectivity index (χ3v) is 7.24. The van der Waals surface area contributed by atoms with Crippen LogP contribution in [0, 0.1) is 0 Å². The number of nitrogens with one attached hydrogen (secondary N) is 1. The van der Waals surface area contributed by atoms with Crippen molar-refractivity contribution < 1.29 is 14.4 Å². The van der Waals surface area contributed by atoms with Crippen molar-refractivity contribution in [2.24, 2.45) is 0 Å². The van der Waals surface area contributed by atoms with Gasteiger partial charge in [0.15, 0.2) is 4.34 Å². The minimum Gasteiger partial charge on any atom is -0.494 e. The quantitative estimate of drug-likeness (QED) is 0.588. The van der Waals surface area contributed by atoms with Crippen molar-refractivity contribution in [2.75, 3.05) is 38.5 Å². The van der Waals surface area contributed by atoms with Crippen LogP contribution in [0.1, 0.15) is 12.5 Å². The van der Waals surface area contributed by atoms with Gasteiger partial charge in [0, 0.05) is 5.56 Å². The largest absolute Gasteiger partial charge is 0.494 e. The standard InChI is InChI=1S/C22H25N3O2S2/c1-2-27-18-8-9-19-20(14-18)29-22(23-19)28-16-21(26)25-12-10-24(11-13-25)15-17-6-4-3-5-7-17/h3-9,14H,2,10-13,15-16H2,1H3/p+1. The Labute approximate surface area is 179 Å². The molecule has 1 aliphatic heterocycles. The number of carbonyl (C=O) groups excluding carboxylic acids is 1.